The van der Waals surface area contributed by atoms with Crippen LogP contribution >= 0.6 is 34.4 Å². The molecule has 1 saturated heterocycles. The number of aromatic nitrogens is 2. The van der Waals surface area contributed by atoms with Crippen LogP contribution in [0.5, 0.6) is 5.75 Å². The molecule has 3 heterocycles. The lowest BCUT2D eigenvalue weighted by Crippen LogP contribution is -2.50. The molecule has 1 aliphatic heterocycles. The molecule has 0 radical (unpaired) electrons. The third-order valence-corrected chi connectivity index (χ3v) is 8.99. The number of hydrogen-bond acceptors (Lipinski definition) is 10. The predicted molar refractivity (Wildman–Crippen MR) is 141 cm³/mol. The van der Waals surface area contributed by atoms with Crippen molar-refractivity contribution in [2.45, 2.75) is 23.4 Å². The van der Waals surface area contributed by atoms with E-state index in [0.29, 0.717) is 32.8 Å². The molecule has 1 atom stereocenters. The van der Waals surface area contributed by atoms with Crippen molar-refractivity contribution in [1.29, 1.82) is 0 Å². The highest BCUT2D eigenvalue weighted by atomic mass is 32.2. The van der Waals surface area contributed by atoms with Crippen molar-refractivity contribution in [1.82, 2.24) is 14.9 Å². The Morgan fingerprint density at radius 1 is 1.11 bits per heavy atom. The molecular weight excluding hydrogens is 506 g/mol. The predicted octanol–water partition coefficient (Wildman–Crippen LogP) is 5.04. The first kappa shape index (κ1) is 23.8. The maximum Gasteiger partial charge on any atom is 0.270 e. The number of anilines is 1. The summed E-state index contributed by atoms with van der Waals surface area (Å²) in [7, 11) is 0. The lowest BCUT2D eigenvalue weighted by Gasteiger charge is -2.35. The van der Waals surface area contributed by atoms with E-state index in [1.165, 1.54) is 29.2 Å². The van der Waals surface area contributed by atoms with Crippen LogP contribution in [0.2, 0.25) is 0 Å². The number of non-ortho nitro benzene ring substituents is 1. The highest BCUT2D eigenvalue weighted by molar-refractivity contribution is 8.02. The minimum absolute atomic E-state index is 0.0671. The molecule has 12 heteroatoms. The first-order valence-corrected chi connectivity index (χ1v) is 13.7. The number of nitro benzene ring substituents is 1. The molecule has 1 aliphatic rings. The van der Waals surface area contributed by atoms with Crippen LogP contribution in [0, 0.1) is 10.1 Å². The molecule has 35 heavy (non-hydrogen) atoms. The van der Waals surface area contributed by atoms with Crippen molar-refractivity contribution in [3.8, 4) is 5.75 Å². The molecule has 0 aliphatic carbocycles. The number of carbonyl (C=O) groups excluding carboxylic acids is 1. The molecule has 1 unspecified atom stereocenters. The van der Waals surface area contributed by atoms with Gasteiger partial charge in [0.1, 0.15) is 5.75 Å². The van der Waals surface area contributed by atoms with Crippen LogP contribution in [0.3, 0.4) is 0 Å². The summed E-state index contributed by atoms with van der Waals surface area (Å²) in [6.07, 6.45) is 0. The van der Waals surface area contributed by atoms with Gasteiger partial charge in [0, 0.05) is 38.3 Å². The average Bonchev–Trinajstić information content (AvgIpc) is 3.46. The number of carbonyl (C=O) groups is 1. The zero-order valence-corrected chi connectivity index (χ0v) is 21.6. The first-order chi connectivity index (χ1) is 16.9. The van der Waals surface area contributed by atoms with Gasteiger partial charge in [-0.25, -0.2) is 9.97 Å². The van der Waals surface area contributed by atoms with E-state index in [0.717, 1.165) is 35.7 Å². The van der Waals surface area contributed by atoms with Gasteiger partial charge in [-0.3, -0.25) is 14.9 Å². The Labute approximate surface area is 213 Å². The number of nitro groups is 1. The summed E-state index contributed by atoms with van der Waals surface area (Å²) in [6.45, 7) is 7.07. The van der Waals surface area contributed by atoms with Crippen LogP contribution in [0.15, 0.2) is 40.7 Å². The van der Waals surface area contributed by atoms with E-state index in [-0.39, 0.29) is 16.8 Å². The normalized spacial score (nSPS) is 15.0. The van der Waals surface area contributed by atoms with Crippen molar-refractivity contribution >= 4 is 71.6 Å². The Bertz CT molecular complexity index is 1400. The van der Waals surface area contributed by atoms with Crippen molar-refractivity contribution in [2.75, 3.05) is 37.7 Å². The number of hydrogen-bond donors (Lipinski definition) is 0. The first-order valence-electron chi connectivity index (χ1n) is 11.2. The number of nitrogens with zero attached hydrogens (tertiary/aromatic N) is 5. The van der Waals surface area contributed by atoms with Crippen molar-refractivity contribution in [3.05, 3.63) is 46.5 Å². The van der Waals surface area contributed by atoms with E-state index in [9.17, 15) is 14.9 Å². The summed E-state index contributed by atoms with van der Waals surface area (Å²) in [6, 6.07) is 10.6. The van der Waals surface area contributed by atoms with E-state index in [1.54, 1.807) is 23.5 Å². The fourth-order valence-electron chi connectivity index (χ4n) is 3.92. The van der Waals surface area contributed by atoms with Crippen LogP contribution in [0.25, 0.3) is 20.4 Å². The van der Waals surface area contributed by atoms with E-state index in [2.05, 4.69) is 14.9 Å². The third kappa shape index (κ3) is 5.04. The number of ether oxygens (including phenoxy) is 1. The Hall–Kier alpha value is -2.96. The molecule has 2 aromatic carbocycles. The highest BCUT2D eigenvalue weighted by Gasteiger charge is 2.27. The number of rotatable bonds is 7. The fourth-order valence-corrected chi connectivity index (χ4v) is 7.29. The number of benzene rings is 2. The number of piperazine rings is 1. The summed E-state index contributed by atoms with van der Waals surface area (Å²) in [5, 5.41) is 11.6. The molecule has 9 nitrogen and oxygen atoms in total. The molecule has 0 N–H and O–H groups in total. The number of thiazole rings is 2. The van der Waals surface area contributed by atoms with E-state index < -0.39 is 4.92 Å². The van der Waals surface area contributed by atoms with Crippen molar-refractivity contribution < 1.29 is 14.5 Å². The smallest absolute Gasteiger partial charge is 0.270 e. The molecule has 0 spiro atoms. The second kappa shape index (κ2) is 9.96. The van der Waals surface area contributed by atoms with Crippen LogP contribution in [-0.4, -0.2) is 63.7 Å². The SMILES string of the molecule is CCOc1ccc2nc(SC(C)C(=O)N3CCN(c4nc5ccc([N+](=O)[O-])cc5s4)CC3)sc2c1. The molecular formula is C23H23N5O4S3. The molecule has 2 aromatic heterocycles. The van der Waals surface area contributed by atoms with Gasteiger partial charge < -0.3 is 14.5 Å². The van der Waals surface area contributed by atoms with Crippen LogP contribution < -0.4 is 9.64 Å². The van der Waals surface area contributed by atoms with Crippen molar-refractivity contribution in [2.24, 2.45) is 0 Å². The van der Waals surface area contributed by atoms with Gasteiger partial charge in [-0.05, 0) is 38.1 Å². The molecule has 182 valence electrons. The number of fused-ring (bicyclic) bond motifs is 2. The Morgan fingerprint density at radius 2 is 1.83 bits per heavy atom. The summed E-state index contributed by atoms with van der Waals surface area (Å²) in [4.78, 5) is 37.1. The van der Waals surface area contributed by atoms with Gasteiger partial charge >= 0.3 is 0 Å². The Kier molecular flexibility index (Phi) is 6.76. The maximum absolute atomic E-state index is 13.1. The minimum Gasteiger partial charge on any atom is -0.494 e. The molecule has 1 amide bonds. The zero-order chi connectivity index (χ0) is 24.5. The lowest BCUT2D eigenvalue weighted by molar-refractivity contribution is -0.384. The standard InChI is InChI=1S/C23H23N5O4S3/c1-3-32-16-5-7-18-20(13-16)35-23(25-18)33-14(2)21(29)26-8-10-27(11-9-26)22-24-17-6-4-15(28(30)31)12-19(17)34-22/h4-7,12-14H,3,8-11H2,1-2H3. The Balaban J connectivity index is 1.20. The Morgan fingerprint density at radius 3 is 2.57 bits per heavy atom. The summed E-state index contributed by atoms with van der Waals surface area (Å²) in [5.74, 6) is 0.928. The van der Waals surface area contributed by atoms with Gasteiger partial charge in [0.25, 0.3) is 5.69 Å². The summed E-state index contributed by atoms with van der Waals surface area (Å²) >= 11 is 4.51. The third-order valence-electron chi connectivity index (χ3n) is 5.71. The highest BCUT2D eigenvalue weighted by Crippen LogP contribution is 2.35. The van der Waals surface area contributed by atoms with Crippen LogP contribution in [0.4, 0.5) is 10.8 Å². The minimum atomic E-state index is -0.394. The number of amides is 1. The number of thioether (sulfide) groups is 1. The molecule has 0 saturated carbocycles. The summed E-state index contributed by atoms with van der Waals surface area (Å²) in [5.41, 5.74) is 1.73. The van der Waals surface area contributed by atoms with Crippen LogP contribution in [0.1, 0.15) is 13.8 Å². The molecule has 4 aromatic rings. The molecule has 1 fully saturated rings. The quantitative estimate of drug-likeness (QED) is 0.186. The van der Waals surface area contributed by atoms with E-state index in [1.807, 2.05) is 36.9 Å². The zero-order valence-electron chi connectivity index (χ0n) is 19.2. The van der Waals surface area contributed by atoms with E-state index >= 15 is 0 Å². The second-order valence-corrected chi connectivity index (χ2v) is 11.6. The monoisotopic (exact) mass is 529 g/mol. The van der Waals surface area contributed by atoms with E-state index in [4.69, 9.17) is 4.74 Å². The largest absolute Gasteiger partial charge is 0.494 e. The van der Waals surface area contributed by atoms with Gasteiger partial charge in [-0.2, -0.15) is 0 Å². The summed E-state index contributed by atoms with van der Waals surface area (Å²) < 4.78 is 8.29. The molecule has 0 bridgehead atoms. The van der Waals surface area contributed by atoms with Crippen LogP contribution in [-0.2, 0) is 4.79 Å². The van der Waals surface area contributed by atoms with Gasteiger partial charge in [0.2, 0.25) is 5.91 Å². The maximum atomic E-state index is 13.1. The lowest BCUT2D eigenvalue weighted by atomic mass is 10.3. The van der Waals surface area contributed by atoms with Gasteiger partial charge in [-0.15, -0.1) is 11.3 Å². The van der Waals surface area contributed by atoms with Gasteiger partial charge in [0.05, 0.1) is 37.2 Å². The van der Waals surface area contributed by atoms with Crippen molar-refractivity contribution in [3.63, 3.8) is 0 Å². The molecule has 5 rings (SSSR count). The average molecular weight is 530 g/mol. The fraction of sp³-hybridized carbons (Fsp3) is 0.348. The van der Waals surface area contributed by atoms with Gasteiger partial charge in [0.15, 0.2) is 9.47 Å². The topological polar surface area (TPSA) is 102 Å². The van der Waals surface area contributed by atoms with Gasteiger partial charge in [-0.1, -0.05) is 23.1 Å². The second-order valence-electron chi connectivity index (χ2n) is 8.02.